The molecule has 1 aliphatic rings. The number of hydrogen-bond acceptors (Lipinski definition) is 3. The zero-order valence-corrected chi connectivity index (χ0v) is 18.6. The van der Waals surface area contributed by atoms with E-state index in [-0.39, 0.29) is 11.9 Å². The molecule has 0 spiro atoms. The maximum absolute atomic E-state index is 13.2. The van der Waals surface area contributed by atoms with Crippen LogP contribution in [0, 0.1) is 6.92 Å². The molecule has 3 rings (SSSR count). The van der Waals surface area contributed by atoms with E-state index in [1.54, 1.807) is 0 Å². The Morgan fingerprint density at radius 3 is 2.47 bits per heavy atom. The van der Waals surface area contributed by atoms with Gasteiger partial charge in [0.15, 0.2) is 6.10 Å². The zero-order chi connectivity index (χ0) is 21.3. The van der Waals surface area contributed by atoms with E-state index >= 15 is 0 Å². The van der Waals surface area contributed by atoms with Crippen molar-refractivity contribution >= 4 is 5.91 Å². The number of hydrogen-bond donors (Lipinski definition) is 1. The van der Waals surface area contributed by atoms with Crippen LogP contribution in [0.3, 0.4) is 0 Å². The summed E-state index contributed by atoms with van der Waals surface area (Å²) in [5.41, 5.74) is 2.51. The summed E-state index contributed by atoms with van der Waals surface area (Å²) in [6.45, 7) is 7.81. The van der Waals surface area contributed by atoms with Crippen molar-refractivity contribution in [3.05, 3.63) is 65.7 Å². The van der Waals surface area contributed by atoms with Gasteiger partial charge >= 0.3 is 0 Å². The molecule has 1 fully saturated rings. The van der Waals surface area contributed by atoms with E-state index in [1.807, 2.05) is 30.3 Å². The van der Waals surface area contributed by atoms with Crippen LogP contribution in [0.5, 0.6) is 5.75 Å². The number of ether oxygens (including phenoxy) is 1. The molecule has 162 valence electrons. The quantitative estimate of drug-likeness (QED) is 0.627. The highest BCUT2D eigenvalue weighted by Gasteiger charge is 2.27. The van der Waals surface area contributed by atoms with Crippen LogP contribution in [0.15, 0.2) is 54.6 Å². The smallest absolute Gasteiger partial charge is 0.262 e. The SMILES string of the molecule is Cc1cccc(CN(C[C@@H](Oc2ccccc2)C(=O)NC2CCCCC2)C(C)C)c1. The Morgan fingerprint density at radius 1 is 1.07 bits per heavy atom. The number of nitrogens with one attached hydrogen (secondary N) is 1. The minimum Gasteiger partial charge on any atom is -0.479 e. The van der Waals surface area contributed by atoms with E-state index in [0.717, 1.165) is 25.1 Å². The maximum Gasteiger partial charge on any atom is 0.262 e. The number of carbonyl (C=O) groups excluding carboxylic acids is 1. The molecule has 0 aromatic heterocycles. The first-order valence-electron chi connectivity index (χ1n) is 11.3. The predicted molar refractivity (Wildman–Crippen MR) is 123 cm³/mol. The van der Waals surface area contributed by atoms with Crippen molar-refractivity contribution in [3.63, 3.8) is 0 Å². The summed E-state index contributed by atoms with van der Waals surface area (Å²) in [6.07, 6.45) is 5.26. The number of benzene rings is 2. The lowest BCUT2D eigenvalue weighted by Gasteiger charge is -2.32. The van der Waals surface area contributed by atoms with Crippen LogP contribution in [0.1, 0.15) is 57.1 Å². The zero-order valence-electron chi connectivity index (χ0n) is 18.6. The van der Waals surface area contributed by atoms with Crippen molar-refractivity contribution in [2.75, 3.05) is 6.54 Å². The lowest BCUT2D eigenvalue weighted by molar-refractivity contribution is -0.130. The van der Waals surface area contributed by atoms with Crippen LogP contribution in [-0.4, -0.2) is 35.5 Å². The molecule has 2 aromatic carbocycles. The van der Waals surface area contributed by atoms with Crippen molar-refractivity contribution in [1.29, 1.82) is 0 Å². The van der Waals surface area contributed by atoms with E-state index in [1.165, 1.54) is 30.4 Å². The van der Waals surface area contributed by atoms with Crippen LogP contribution in [0.4, 0.5) is 0 Å². The van der Waals surface area contributed by atoms with Crippen LogP contribution in [0.25, 0.3) is 0 Å². The van der Waals surface area contributed by atoms with E-state index < -0.39 is 6.10 Å². The monoisotopic (exact) mass is 408 g/mol. The average Bonchev–Trinajstić information content (AvgIpc) is 2.74. The molecule has 0 radical (unpaired) electrons. The first-order valence-corrected chi connectivity index (χ1v) is 11.3. The second-order valence-corrected chi connectivity index (χ2v) is 8.78. The van der Waals surface area contributed by atoms with Crippen LogP contribution >= 0.6 is 0 Å². The Balaban J connectivity index is 1.73. The van der Waals surface area contributed by atoms with Crippen molar-refractivity contribution in [2.24, 2.45) is 0 Å². The van der Waals surface area contributed by atoms with Gasteiger partial charge < -0.3 is 10.1 Å². The molecule has 0 saturated heterocycles. The third kappa shape index (κ3) is 6.88. The van der Waals surface area contributed by atoms with Crippen LogP contribution in [-0.2, 0) is 11.3 Å². The Hall–Kier alpha value is -2.33. The largest absolute Gasteiger partial charge is 0.479 e. The molecule has 0 bridgehead atoms. The summed E-state index contributed by atoms with van der Waals surface area (Å²) in [7, 11) is 0. The number of para-hydroxylation sites is 1. The molecule has 4 nitrogen and oxygen atoms in total. The number of aryl methyl sites for hydroxylation is 1. The van der Waals surface area contributed by atoms with Gasteiger partial charge in [-0.25, -0.2) is 0 Å². The van der Waals surface area contributed by atoms with Gasteiger partial charge in [0.05, 0.1) is 0 Å². The molecule has 1 N–H and O–H groups in total. The fourth-order valence-corrected chi connectivity index (χ4v) is 4.09. The van der Waals surface area contributed by atoms with Gasteiger partial charge in [-0.05, 0) is 51.3 Å². The molecular formula is C26H36N2O2. The molecule has 0 heterocycles. The first kappa shape index (κ1) is 22.4. The van der Waals surface area contributed by atoms with Gasteiger partial charge in [-0.15, -0.1) is 0 Å². The van der Waals surface area contributed by atoms with E-state index in [0.29, 0.717) is 12.6 Å². The molecular weight excluding hydrogens is 372 g/mol. The highest BCUT2D eigenvalue weighted by molar-refractivity contribution is 5.81. The summed E-state index contributed by atoms with van der Waals surface area (Å²) in [4.78, 5) is 15.5. The Labute approximate surface area is 181 Å². The van der Waals surface area contributed by atoms with Gasteiger partial charge in [0, 0.05) is 25.2 Å². The normalized spacial score (nSPS) is 15.9. The lowest BCUT2D eigenvalue weighted by Crippen LogP contribution is -2.50. The first-order chi connectivity index (χ1) is 14.5. The molecule has 2 aromatic rings. The summed E-state index contributed by atoms with van der Waals surface area (Å²) in [5.74, 6) is 0.737. The fourth-order valence-electron chi connectivity index (χ4n) is 4.09. The molecule has 1 aliphatic carbocycles. The third-order valence-corrected chi connectivity index (χ3v) is 5.86. The van der Waals surface area contributed by atoms with Gasteiger partial charge in [0.2, 0.25) is 0 Å². The van der Waals surface area contributed by atoms with E-state index in [4.69, 9.17) is 4.74 Å². The average molecular weight is 409 g/mol. The highest BCUT2D eigenvalue weighted by Crippen LogP contribution is 2.19. The Kier molecular flexibility index (Phi) is 8.32. The second-order valence-electron chi connectivity index (χ2n) is 8.78. The maximum atomic E-state index is 13.2. The minimum atomic E-state index is -0.540. The second kappa shape index (κ2) is 11.2. The topological polar surface area (TPSA) is 41.6 Å². The number of rotatable bonds is 9. The summed E-state index contributed by atoms with van der Waals surface area (Å²) in [5, 5.41) is 3.27. The number of nitrogens with zero attached hydrogens (tertiary/aromatic N) is 1. The molecule has 1 saturated carbocycles. The van der Waals surface area contributed by atoms with Crippen molar-refractivity contribution in [3.8, 4) is 5.75 Å². The summed E-state index contributed by atoms with van der Waals surface area (Å²) < 4.78 is 6.21. The van der Waals surface area contributed by atoms with Crippen LogP contribution in [0.2, 0.25) is 0 Å². The summed E-state index contributed by atoms with van der Waals surface area (Å²) >= 11 is 0. The number of amides is 1. The van der Waals surface area contributed by atoms with Crippen molar-refractivity contribution in [1.82, 2.24) is 10.2 Å². The molecule has 1 amide bonds. The van der Waals surface area contributed by atoms with Gasteiger partial charge in [-0.3, -0.25) is 9.69 Å². The van der Waals surface area contributed by atoms with Gasteiger partial charge in [0.1, 0.15) is 5.75 Å². The molecule has 0 unspecified atom stereocenters. The highest BCUT2D eigenvalue weighted by atomic mass is 16.5. The Bertz CT molecular complexity index is 785. The predicted octanol–water partition coefficient (Wildman–Crippen LogP) is 5.10. The standard InChI is InChI=1S/C26H36N2O2/c1-20(2)28(18-22-12-10-11-21(3)17-22)19-25(30-24-15-8-5-9-16-24)26(29)27-23-13-6-4-7-14-23/h5,8-12,15-17,20,23,25H,4,6-7,13-14,18-19H2,1-3H3,(H,27,29)/t25-/m1/s1. The Morgan fingerprint density at radius 2 is 1.80 bits per heavy atom. The van der Waals surface area contributed by atoms with Gasteiger partial charge in [-0.1, -0.05) is 67.3 Å². The van der Waals surface area contributed by atoms with Gasteiger partial charge in [0.25, 0.3) is 5.91 Å². The van der Waals surface area contributed by atoms with E-state index in [9.17, 15) is 4.79 Å². The molecule has 4 heteroatoms. The van der Waals surface area contributed by atoms with Crippen molar-refractivity contribution in [2.45, 2.75) is 77.6 Å². The third-order valence-electron chi connectivity index (χ3n) is 5.86. The van der Waals surface area contributed by atoms with E-state index in [2.05, 4.69) is 55.3 Å². The lowest BCUT2D eigenvalue weighted by atomic mass is 9.95. The molecule has 1 atom stereocenters. The van der Waals surface area contributed by atoms with Gasteiger partial charge in [-0.2, -0.15) is 0 Å². The van der Waals surface area contributed by atoms with Crippen LogP contribution < -0.4 is 10.1 Å². The number of carbonyl (C=O) groups is 1. The minimum absolute atomic E-state index is 0.000597. The van der Waals surface area contributed by atoms with Crippen molar-refractivity contribution < 1.29 is 9.53 Å². The molecule has 0 aliphatic heterocycles. The molecule has 30 heavy (non-hydrogen) atoms. The summed E-state index contributed by atoms with van der Waals surface area (Å²) in [6, 6.07) is 18.8. The fraction of sp³-hybridized carbons (Fsp3) is 0.500.